The highest BCUT2D eigenvalue weighted by molar-refractivity contribution is 6.35. The van der Waals surface area contributed by atoms with Gasteiger partial charge in [0, 0.05) is 12.4 Å². The van der Waals surface area contributed by atoms with Crippen LogP contribution in [0.4, 0.5) is 0 Å². The molecule has 0 saturated carbocycles. The van der Waals surface area contributed by atoms with Gasteiger partial charge in [0.15, 0.2) is 0 Å². The zero-order valence-corrected chi connectivity index (χ0v) is 8.82. The molecule has 0 saturated heterocycles. The Balaban J connectivity index is 2.68. The van der Waals surface area contributed by atoms with Crippen molar-refractivity contribution in [3.63, 3.8) is 0 Å². The lowest BCUT2D eigenvalue weighted by Gasteiger charge is -1.95. The molecule has 1 aromatic carbocycles. The van der Waals surface area contributed by atoms with Gasteiger partial charge in [0.25, 0.3) is 0 Å². The number of rotatable bonds is 2. The third-order valence-corrected chi connectivity index (χ3v) is 2.52. The molecule has 5 heteroatoms. The Morgan fingerprint density at radius 2 is 2.33 bits per heavy atom. The van der Waals surface area contributed by atoms with Gasteiger partial charge < -0.3 is 5.11 Å². The van der Waals surface area contributed by atoms with E-state index in [1.807, 2.05) is 6.07 Å². The fourth-order valence-electron chi connectivity index (χ4n) is 1.64. The maximum absolute atomic E-state index is 10.6. The van der Waals surface area contributed by atoms with Crippen LogP contribution in [0.5, 0.6) is 0 Å². The van der Waals surface area contributed by atoms with Crippen LogP contribution >= 0.6 is 11.6 Å². The van der Waals surface area contributed by atoms with Crippen LogP contribution in [-0.4, -0.2) is 20.9 Å². The molecule has 0 fully saturated rings. The van der Waals surface area contributed by atoms with Gasteiger partial charge in [-0.15, -0.1) is 0 Å². The molecular formula is C10H9ClN2O2. The second kappa shape index (κ2) is 3.55. The molecule has 0 aliphatic carbocycles. The summed E-state index contributed by atoms with van der Waals surface area (Å²) in [6, 6.07) is 5.38. The van der Waals surface area contributed by atoms with E-state index < -0.39 is 5.97 Å². The van der Waals surface area contributed by atoms with Crippen LogP contribution in [0.25, 0.3) is 10.9 Å². The SMILES string of the molecule is Cn1nc(CC(=O)O)c2cccc(Cl)c21. The Hall–Kier alpha value is -1.55. The monoisotopic (exact) mass is 224 g/mol. The third kappa shape index (κ3) is 1.68. The van der Waals surface area contributed by atoms with Crippen molar-refractivity contribution in [3.05, 3.63) is 28.9 Å². The molecule has 78 valence electrons. The summed E-state index contributed by atoms with van der Waals surface area (Å²) in [5.74, 6) is -0.894. The van der Waals surface area contributed by atoms with Gasteiger partial charge in [-0.2, -0.15) is 5.10 Å². The lowest BCUT2D eigenvalue weighted by Crippen LogP contribution is -2.01. The van der Waals surface area contributed by atoms with Crippen molar-refractivity contribution in [2.45, 2.75) is 6.42 Å². The van der Waals surface area contributed by atoms with Crippen molar-refractivity contribution in [2.24, 2.45) is 7.05 Å². The Bertz CT molecular complexity index is 533. The molecule has 0 aliphatic rings. The second-order valence-electron chi connectivity index (χ2n) is 3.28. The molecule has 0 radical (unpaired) electrons. The number of halogens is 1. The van der Waals surface area contributed by atoms with Gasteiger partial charge in [0.2, 0.25) is 0 Å². The molecule has 1 N–H and O–H groups in total. The first-order chi connectivity index (χ1) is 7.09. The highest BCUT2D eigenvalue weighted by atomic mass is 35.5. The van der Waals surface area contributed by atoms with E-state index in [1.165, 1.54) is 0 Å². The standard InChI is InChI=1S/C10H9ClN2O2/c1-13-10-6(3-2-4-7(10)11)8(12-13)5-9(14)15/h2-4H,5H2,1H3,(H,14,15). The zero-order chi connectivity index (χ0) is 11.0. The third-order valence-electron chi connectivity index (χ3n) is 2.21. The molecule has 1 heterocycles. The Labute approximate surface area is 91.1 Å². The fourth-order valence-corrected chi connectivity index (χ4v) is 1.93. The summed E-state index contributed by atoms with van der Waals surface area (Å²) in [5.41, 5.74) is 1.32. The molecule has 0 aliphatic heterocycles. The number of para-hydroxylation sites is 1. The van der Waals surface area contributed by atoms with Gasteiger partial charge in [-0.05, 0) is 6.07 Å². The highest BCUT2D eigenvalue weighted by Crippen LogP contribution is 2.25. The summed E-state index contributed by atoms with van der Waals surface area (Å²) in [5, 5.41) is 14.2. The molecule has 15 heavy (non-hydrogen) atoms. The number of aromatic nitrogens is 2. The normalized spacial score (nSPS) is 10.8. The number of carbonyl (C=O) groups is 1. The average Bonchev–Trinajstić information content (AvgIpc) is 2.44. The first kappa shape index (κ1) is 9.98. The van der Waals surface area contributed by atoms with Crippen LogP contribution in [0.3, 0.4) is 0 Å². The number of benzene rings is 1. The quantitative estimate of drug-likeness (QED) is 0.847. The van der Waals surface area contributed by atoms with Gasteiger partial charge in [-0.1, -0.05) is 23.7 Å². The van der Waals surface area contributed by atoms with Crippen LogP contribution in [0.15, 0.2) is 18.2 Å². The molecular weight excluding hydrogens is 216 g/mol. The van der Waals surface area contributed by atoms with Crippen LogP contribution in [0.2, 0.25) is 5.02 Å². The van der Waals surface area contributed by atoms with Crippen molar-refractivity contribution in [1.82, 2.24) is 9.78 Å². The minimum atomic E-state index is -0.894. The van der Waals surface area contributed by atoms with E-state index in [-0.39, 0.29) is 6.42 Å². The highest BCUT2D eigenvalue weighted by Gasteiger charge is 2.13. The van der Waals surface area contributed by atoms with Crippen LogP contribution in [-0.2, 0) is 18.3 Å². The van der Waals surface area contributed by atoms with E-state index in [1.54, 1.807) is 23.9 Å². The Morgan fingerprint density at radius 3 is 3.00 bits per heavy atom. The smallest absolute Gasteiger partial charge is 0.309 e. The van der Waals surface area contributed by atoms with Gasteiger partial charge in [0.1, 0.15) is 0 Å². The largest absolute Gasteiger partial charge is 0.481 e. The number of carboxylic acid groups (broad SMARTS) is 1. The van der Waals surface area contributed by atoms with Crippen molar-refractivity contribution < 1.29 is 9.90 Å². The molecule has 0 amide bonds. The summed E-state index contributed by atoms with van der Waals surface area (Å²) in [6.45, 7) is 0. The predicted molar refractivity (Wildman–Crippen MR) is 57.1 cm³/mol. The van der Waals surface area contributed by atoms with E-state index in [0.717, 1.165) is 10.9 Å². The average molecular weight is 225 g/mol. The molecule has 0 atom stereocenters. The van der Waals surface area contributed by atoms with E-state index >= 15 is 0 Å². The summed E-state index contributed by atoms with van der Waals surface area (Å²) in [6.07, 6.45) is -0.0856. The number of aliphatic carboxylic acids is 1. The number of carboxylic acids is 1. The van der Waals surface area contributed by atoms with Crippen LogP contribution in [0, 0.1) is 0 Å². The number of hydrogen-bond donors (Lipinski definition) is 1. The van der Waals surface area contributed by atoms with E-state index in [0.29, 0.717) is 10.7 Å². The number of aryl methyl sites for hydroxylation is 1. The molecule has 2 aromatic rings. The van der Waals surface area contributed by atoms with Gasteiger partial charge >= 0.3 is 5.97 Å². The molecule has 0 spiro atoms. The van der Waals surface area contributed by atoms with E-state index in [2.05, 4.69) is 5.10 Å². The Kier molecular flexibility index (Phi) is 2.36. The fraction of sp³-hybridized carbons (Fsp3) is 0.200. The molecule has 0 bridgehead atoms. The molecule has 4 nitrogen and oxygen atoms in total. The summed E-state index contributed by atoms with van der Waals surface area (Å²) in [4.78, 5) is 10.6. The maximum atomic E-state index is 10.6. The van der Waals surface area contributed by atoms with E-state index in [9.17, 15) is 4.79 Å². The van der Waals surface area contributed by atoms with Crippen LogP contribution in [0.1, 0.15) is 5.69 Å². The maximum Gasteiger partial charge on any atom is 0.309 e. The molecule has 0 unspecified atom stereocenters. The van der Waals surface area contributed by atoms with Gasteiger partial charge in [0.05, 0.1) is 22.7 Å². The van der Waals surface area contributed by atoms with Crippen LogP contribution < -0.4 is 0 Å². The van der Waals surface area contributed by atoms with Gasteiger partial charge in [-0.3, -0.25) is 9.48 Å². The summed E-state index contributed by atoms with van der Waals surface area (Å²) >= 11 is 6.00. The molecule has 2 rings (SSSR count). The lowest BCUT2D eigenvalue weighted by atomic mass is 10.2. The first-order valence-electron chi connectivity index (χ1n) is 4.41. The van der Waals surface area contributed by atoms with Crippen molar-refractivity contribution in [2.75, 3.05) is 0 Å². The lowest BCUT2D eigenvalue weighted by molar-refractivity contribution is -0.136. The van der Waals surface area contributed by atoms with E-state index in [4.69, 9.17) is 16.7 Å². The second-order valence-corrected chi connectivity index (χ2v) is 3.68. The minimum absolute atomic E-state index is 0.0856. The molecule has 1 aromatic heterocycles. The zero-order valence-electron chi connectivity index (χ0n) is 8.07. The van der Waals surface area contributed by atoms with Crippen molar-refractivity contribution in [1.29, 1.82) is 0 Å². The minimum Gasteiger partial charge on any atom is -0.481 e. The van der Waals surface area contributed by atoms with Gasteiger partial charge in [-0.25, -0.2) is 0 Å². The topological polar surface area (TPSA) is 55.1 Å². The summed E-state index contributed by atoms with van der Waals surface area (Å²) < 4.78 is 1.61. The summed E-state index contributed by atoms with van der Waals surface area (Å²) in [7, 11) is 1.75. The number of hydrogen-bond acceptors (Lipinski definition) is 2. The predicted octanol–water partition coefficient (Wildman–Crippen LogP) is 1.85. The Morgan fingerprint density at radius 1 is 1.60 bits per heavy atom. The van der Waals surface area contributed by atoms with Crippen molar-refractivity contribution in [3.8, 4) is 0 Å². The first-order valence-corrected chi connectivity index (χ1v) is 4.79. The number of fused-ring (bicyclic) bond motifs is 1. The number of nitrogens with zero attached hydrogens (tertiary/aromatic N) is 2. The van der Waals surface area contributed by atoms with Crippen molar-refractivity contribution >= 4 is 28.5 Å².